The largest absolute Gasteiger partial charge is 0.493 e. The van der Waals surface area contributed by atoms with Crippen LogP contribution in [0, 0.1) is 5.82 Å². The minimum absolute atomic E-state index is 0.189. The molecule has 0 atom stereocenters. The van der Waals surface area contributed by atoms with E-state index in [9.17, 15) is 4.39 Å². The number of H-pyrrole nitrogens is 1. The third-order valence-corrected chi connectivity index (χ3v) is 3.88. The van der Waals surface area contributed by atoms with Crippen molar-refractivity contribution in [3.8, 4) is 11.5 Å². The van der Waals surface area contributed by atoms with Gasteiger partial charge in [-0.05, 0) is 18.2 Å². The third-order valence-electron chi connectivity index (χ3n) is 3.53. The summed E-state index contributed by atoms with van der Waals surface area (Å²) in [7, 11) is 1.57. The molecule has 0 amide bonds. The maximum absolute atomic E-state index is 13.2. The van der Waals surface area contributed by atoms with Crippen molar-refractivity contribution in [3.63, 3.8) is 0 Å². The average Bonchev–Trinajstić information content (AvgIpc) is 3.13. The number of para-hydroxylation sites is 1. The van der Waals surface area contributed by atoms with Crippen molar-refractivity contribution in [2.75, 3.05) is 12.4 Å². The first-order valence-corrected chi connectivity index (χ1v) is 7.87. The molecule has 0 aliphatic heterocycles. The summed E-state index contributed by atoms with van der Waals surface area (Å²) in [4.78, 5) is 4.01. The lowest BCUT2D eigenvalue weighted by molar-refractivity contribution is 0.281. The first-order valence-electron chi connectivity index (χ1n) is 7.49. The Hall–Kier alpha value is -2.80. The SMILES string of the molecule is COc1cccc(CNc2ncn[nH]2)c1OCc1ccc(F)cc1Cl. The van der Waals surface area contributed by atoms with Crippen LogP contribution in [-0.4, -0.2) is 22.3 Å². The van der Waals surface area contributed by atoms with E-state index in [0.29, 0.717) is 34.6 Å². The van der Waals surface area contributed by atoms with Gasteiger partial charge < -0.3 is 14.8 Å². The smallest absolute Gasteiger partial charge is 0.218 e. The zero-order valence-corrected chi connectivity index (χ0v) is 14.2. The number of hydrogen-bond acceptors (Lipinski definition) is 5. The second kappa shape index (κ2) is 7.85. The standard InChI is InChI=1S/C17H16ClFN4O2/c1-24-15-4-2-3-11(8-20-17-21-10-22-23-17)16(15)25-9-12-5-6-13(19)7-14(12)18/h2-7,10H,8-9H2,1H3,(H2,20,21,22,23). The fourth-order valence-electron chi connectivity index (χ4n) is 2.28. The molecule has 1 heterocycles. The van der Waals surface area contributed by atoms with Gasteiger partial charge in [-0.15, -0.1) is 0 Å². The maximum atomic E-state index is 13.2. The molecule has 6 nitrogen and oxygen atoms in total. The van der Waals surface area contributed by atoms with Crippen LogP contribution in [0.1, 0.15) is 11.1 Å². The Morgan fingerprint density at radius 1 is 1.24 bits per heavy atom. The van der Waals surface area contributed by atoms with Crippen molar-refractivity contribution in [1.82, 2.24) is 15.2 Å². The minimum atomic E-state index is -0.386. The molecule has 0 unspecified atom stereocenters. The predicted molar refractivity (Wildman–Crippen MR) is 92.4 cm³/mol. The van der Waals surface area contributed by atoms with E-state index in [-0.39, 0.29) is 12.4 Å². The van der Waals surface area contributed by atoms with Crippen LogP contribution in [0.15, 0.2) is 42.7 Å². The van der Waals surface area contributed by atoms with E-state index in [2.05, 4.69) is 20.5 Å². The number of aromatic amines is 1. The molecular weight excluding hydrogens is 347 g/mol. The second-order valence-corrected chi connectivity index (χ2v) is 5.57. The number of methoxy groups -OCH3 is 1. The van der Waals surface area contributed by atoms with E-state index in [1.54, 1.807) is 19.2 Å². The van der Waals surface area contributed by atoms with Crippen molar-refractivity contribution in [2.24, 2.45) is 0 Å². The van der Waals surface area contributed by atoms with E-state index < -0.39 is 0 Å². The molecule has 0 fully saturated rings. The van der Waals surface area contributed by atoms with Gasteiger partial charge in [0, 0.05) is 17.7 Å². The van der Waals surface area contributed by atoms with Crippen molar-refractivity contribution in [1.29, 1.82) is 0 Å². The van der Waals surface area contributed by atoms with Crippen molar-refractivity contribution < 1.29 is 13.9 Å². The summed E-state index contributed by atoms with van der Waals surface area (Å²) in [6.45, 7) is 0.646. The minimum Gasteiger partial charge on any atom is -0.493 e. The average molecular weight is 363 g/mol. The molecule has 1 aromatic heterocycles. The van der Waals surface area contributed by atoms with Gasteiger partial charge in [-0.3, -0.25) is 0 Å². The number of benzene rings is 2. The number of nitrogens with zero attached hydrogens (tertiary/aromatic N) is 2. The van der Waals surface area contributed by atoms with Gasteiger partial charge in [0.2, 0.25) is 5.95 Å². The molecule has 2 aromatic carbocycles. The Bertz CT molecular complexity index is 843. The van der Waals surface area contributed by atoms with Gasteiger partial charge in [-0.1, -0.05) is 29.8 Å². The fraction of sp³-hybridized carbons (Fsp3) is 0.176. The number of anilines is 1. The van der Waals surface area contributed by atoms with Crippen LogP contribution in [0.25, 0.3) is 0 Å². The molecular formula is C17H16ClFN4O2. The zero-order chi connectivity index (χ0) is 17.6. The van der Waals surface area contributed by atoms with Crippen LogP contribution in [0.4, 0.5) is 10.3 Å². The summed E-state index contributed by atoms with van der Waals surface area (Å²) in [6.07, 6.45) is 1.42. The monoisotopic (exact) mass is 362 g/mol. The van der Waals surface area contributed by atoms with Crippen molar-refractivity contribution >= 4 is 17.5 Å². The highest BCUT2D eigenvalue weighted by Gasteiger charge is 2.12. The van der Waals surface area contributed by atoms with E-state index in [0.717, 1.165) is 5.56 Å². The Labute approximate surface area is 149 Å². The molecule has 3 aromatic rings. The predicted octanol–water partition coefficient (Wildman–Crippen LogP) is 3.80. The van der Waals surface area contributed by atoms with Gasteiger partial charge in [-0.2, -0.15) is 5.10 Å². The van der Waals surface area contributed by atoms with Crippen LogP contribution < -0.4 is 14.8 Å². The summed E-state index contributed by atoms with van der Waals surface area (Å²) in [5.41, 5.74) is 1.55. The second-order valence-electron chi connectivity index (χ2n) is 5.16. The molecule has 130 valence electrons. The number of hydrogen-bond donors (Lipinski definition) is 2. The molecule has 0 bridgehead atoms. The molecule has 2 N–H and O–H groups in total. The van der Waals surface area contributed by atoms with Crippen LogP contribution in [0.3, 0.4) is 0 Å². The van der Waals surface area contributed by atoms with Crippen molar-refractivity contribution in [2.45, 2.75) is 13.2 Å². The number of ether oxygens (including phenoxy) is 2. The van der Waals surface area contributed by atoms with E-state index in [4.69, 9.17) is 21.1 Å². The highest BCUT2D eigenvalue weighted by atomic mass is 35.5. The summed E-state index contributed by atoms with van der Waals surface area (Å²) >= 11 is 6.05. The quantitative estimate of drug-likeness (QED) is 0.669. The fourth-order valence-corrected chi connectivity index (χ4v) is 2.51. The molecule has 0 aliphatic carbocycles. The van der Waals surface area contributed by atoms with Crippen LogP contribution in [0.5, 0.6) is 11.5 Å². The van der Waals surface area contributed by atoms with Crippen LogP contribution in [0.2, 0.25) is 5.02 Å². The van der Waals surface area contributed by atoms with Crippen LogP contribution in [-0.2, 0) is 13.2 Å². The van der Waals surface area contributed by atoms with Gasteiger partial charge in [0.05, 0.1) is 12.1 Å². The maximum Gasteiger partial charge on any atom is 0.218 e. The Balaban J connectivity index is 1.78. The normalized spacial score (nSPS) is 10.5. The Kier molecular flexibility index (Phi) is 5.35. The van der Waals surface area contributed by atoms with Gasteiger partial charge in [0.15, 0.2) is 11.5 Å². The number of aromatic nitrogens is 3. The molecule has 0 radical (unpaired) electrons. The first kappa shape index (κ1) is 17.0. The highest BCUT2D eigenvalue weighted by Crippen LogP contribution is 2.32. The lowest BCUT2D eigenvalue weighted by Gasteiger charge is -2.16. The van der Waals surface area contributed by atoms with Crippen molar-refractivity contribution in [3.05, 3.63) is 64.7 Å². The lowest BCUT2D eigenvalue weighted by Crippen LogP contribution is -2.06. The molecule has 0 spiro atoms. The summed E-state index contributed by atoms with van der Waals surface area (Å²) in [5, 5.41) is 9.94. The first-order chi connectivity index (χ1) is 12.2. The van der Waals surface area contributed by atoms with E-state index in [1.807, 2.05) is 12.1 Å². The summed E-state index contributed by atoms with van der Waals surface area (Å²) in [6, 6.07) is 9.79. The summed E-state index contributed by atoms with van der Waals surface area (Å²) in [5.74, 6) is 1.34. The zero-order valence-electron chi connectivity index (χ0n) is 13.4. The number of nitrogens with one attached hydrogen (secondary N) is 2. The van der Waals surface area contributed by atoms with E-state index in [1.165, 1.54) is 18.5 Å². The molecule has 0 aliphatic rings. The van der Waals surface area contributed by atoms with Gasteiger partial charge >= 0.3 is 0 Å². The van der Waals surface area contributed by atoms with Crippen LogP contribution >= 0.6 is 11.6 Å². The molecule has 8 heteroatoms. The van der Waals surface area contributed by atoms with Gasteiger partial charge in [0.25, 0.3) is 0 Å². The Morgan fingerprint density at radius 3 is 2.84 bits per heavy atom. The van der Waals surface area contributed by atoms with Gasteiger partial charge in [0.1, 0.15) is 18.8 Å². The molecule has 3 rings (SSSR count). The van der Waals surface area contributed by atoms with E-state index >= 15 is 0 Å². The molecule has 25 heavy (non-hydrogen) atoms. The highest BCUT2D eigenvalue weighted by molar-refractivity contribution is 6.31. The third kappa shape index (κ3) is 4.19. The number of halogens is 2. The molecule has 0 saturated carbocycles. The number of rotatable bonds is 7. The van der Waals surface area contributed by atoms with Gasteiger partial charge in [-0.25, -0.2) is 14.5 Å². The Morgan fingerprint density at radius 2 is 2.12 bits per heavy atom. The molecule has 0 saturated heterocycles. The topological polar surface area (TPSA) is 72.1 Å². The summed E-state index contributed by atoms with van der Waals surface area (Å²) < 4.78 is 24.5. The lowest BCUT2D eigenvalue weighted by atomic mass is 10.1.